The van der Waals surface area contributed by atoms with Gasteiger partial charge in [-0.1, -0.05) is 18.2 Å². The highest BCUT2D eigenvalue weighted by Gasteiger charge is 2.19. The van der Waals surface area contributed by atoms with Crippen LogP contribution in [0.1, 0.15) is 12.5 Å². The van der Waals surface area contributed by atoms with Crippen molar-refractivity contribution in [1.82, 2.24) is 4.98 Å². The summed E-state index contributed by atoms with van der Waals surface area (Å²) in [7, 11) is 0. The van der Waals surface area contributed by atoms with Gasteiger partial charge in [-0.3, -0.25) is 0 Å². The van der Waals surface area contributed by atoms with Gasteiger partial charge in [0.2, 0.25) is 0 Å². The van der Waals surface area contributed by atoms with Crippen molar-refractivity contribution < 1.29 is 4.74 Å². The maximum Gasteiger partial charge on any atom is 0.130 e. The van der Waals surface area contributed by atoms with Crippen LogP contribution >= 0.6 is 11.8 Å². The summed E-state index contributed by atoms with van der Waals surface area (Å²) in [6.07, 6.45) is 0. The number of anilines is 1. The number of nitrogens with zero attached hydrogens (tertiary/aromatic N) is 1. The molecule has 3 nitrogen and oxygen atoms in total. The van der Waals surface area contributed by atoms with Crippen molar-refractivity contribution in [2.75, 3.05) is 25.1 Å². The Bertz CT molecular complexity index is 569. The molecule has 1 fully saturated rings. The van der Waals surface area contributed by atoms with E-state index in [0.29, 0.717) is 5.25 Å². The number of nitrogens with one attached hydrogen (secondary N) is 1. The third-order valence-corrected chi connectivity index (χ3v) is 4.45. The number of aromatic nitrogens is 1. The van der Waals surface area contributed by atoms with Crippen molar-refractivity contribution >= 4 is 28.5 Å². The van der Waals surface area contributed by atoms with Crippen LogP contribution in [-0.4, -0.2) is 30.0 Å². The maximum absolute atomic E-state index is 5.22. The van der Waals surface area contributed by atoms with Crippen LogP contribution in [0.25, 0.3) is 10.9 Å². The average molecular weight is 274 g/mol. The van der Waals surface area contributed by atoms with E-state index in [1.54, 1.807) is 0 Å². The lowest BCUT2D eigenvalue weighted by molar-refractivity contribution is 0.0455. The molecule has 0 unspecified atom stereocenters. The van der Waals surface area contributed by atoms with Crippen molar-refractivity contribution in [3.05, 3.63) is 35.9 Å². The number of hydrogen-bond donors (Lipinski definition) is 1. The van der Waals surface area contributed by atoms with Gasteiger partial charge in [0.1, 0.15) is 5.82 Å². The standard InChI is InChI=1S/C15H18N2OS/c1-2-16-15-12(10-19-13-8-18-9-13)7-11-5-3-4-6-14(11)17-15/h3-7,13H,2,8-10H2,1H3,(H,16,17). The predicted octanol–water partition coefficient (Wildman–Crippen LogP) is 3.30. The minimum Gasteiger partial charge on any atom is -0.379 e. The first-order valence-electron chi connectivity index (χ1n) is 6.68. The van der Waals surface area contributed by atoms with Gasteiger partial charge in [0.15, 0.2) is 0 Å². The number of para-hydroxylation sites is 1. The van der Waals surface area contributed by atoms with Crippen LogP contribution in [0.3, 0.4) is 0 Å². The summed E-state index contributed by atoms with van der Waals surface area (Å²) >= 11 is 1.96. The zero-order chi connectivity index (χ0) is 13.1. The number of thioether (sulfide) groups is 1. The first-order chi connectivity index (χ1) is 9.36. The summed E-state index contributed by atoms with van der Waals surface area (Å²) in [5, 5.41) is 5.24. The third kappa shape index (κ3) is 2.85. The summed E-state index contributed by atoms with van der Waals surface area (Å²) in [6, 6.07) is 10.5. The molecule has 2 aromatic rings. The van der Waals surface area contributed by atoms with Crippen LogP contribution in [0.5, 0.6) is 0 Å². The molecule has 0 bridgehead atoms. The molecule has 100 valence electrons. The molecule has 0 spiro atoms. The lowest BCUT2D eigenvalue weighted by atomic mass is 10.1. The summed E-state index contributed by atoms with van der Waals surface area (Å²) in [5.74, 6) is 2.02. The summed E-state index contributed by atoms with van der Waals surface area (Å²) in [5.41, 5.74) is 2.34. The minimum absolute atomic E-state index is 0.654. The molecule has 0 saturated carbocycles. The second-order valence-electron chi connectivity index (χ2n) is 4.69. The lowest BCUT2D eigenvalue weighted by Gasteiger charge is -2.25. The van der Waals surface area contributed by atoms with Crippen molar-refractivity contribution in [3.63, 3.8) is 0 Å². The Hall–Kier alpha value is -1.26. The quantitative estimate of drug-likeness (QED) is 0.907. The fourth-order valence-corrected chi connectivity index (χ4v) is 3.13. The molecule has 1 aromatic carbocycles. The topological polar surface area (TPSA) is 34.2 Å². The van der Waals surface area contributed by atoms with Crippen molar-refractivity contribution in [3.8, 4) is 0 Å². The lowest BCUT2D eigenvalue weighted by Crippen LogP contribution is -2.30. The van der Waals surface area contributed by atoms with E-state index in [1.807, 2.05) is 17.8 Å². The van der Waals surface area contributed by atoms with Gasteiger partial charge in [0.25, 0.3) is 0 Å². The van der Waals surface area contributed by atoms with E-state index in [-0.39, 0.29) is 0 Å². The minimum atomic E-state index is 0.654. The Labute approximate surface area is 117 Å². The molecule has 1 aliphatic rings. The van der Waals surface area contributed by atoms with Crippen LogP contribution in [0.15, 0.2) is 30.3 Å². The number of ether oxygens (including phenoxy) is 1. The van der Waals surface area contributed by atoms with Crippen molar-refractivity contribution in [2.45, 2.75) is 17.9 Å². The van der Waals surface area contributed by atoms with Crippen molar-refractivity contribution in [2.24, 2.45) is 0 Å². The van der Waals surface area contributed by atoms with Gasteiger partial charge < -0.3 is 10.1 Å². The fourth-order valence-electron chi connectivity index (χ4n) is 2.11. The van der Waals surface area contributed by atoms with Gasteiger partial charge in [-0.25, -0.2) is 4.98 Å². The largest absolute Gasteiger partial charge is 0.379 e. The van der Waals surface area contributed by atoms with Gasteiger partial charge in [-0.2, -0.15) is 0 Å². The Morgan fingerprint density at radius 3 is 2.95 bits per heavy atom. The number of pyridine rings is 1. The van der Waals surface area contributed by atoms with Gasteiger partial charge in [0, 0.05) is 23.2 Å². The number of rotatable bonds is 5. The Morgan fingerprint density at radius 2 is 2.21 bits per heavy atom. The number of benzene rings is 1. The van der Waals surface area contributed by atoms with Crippen LogP contribution in [0.2, 0.25) is 0 Å². The molecule has 3 rings (SSSR count). The van der Waals surface area contributed by atoms with Gasteiger partial charge in [0.05, 0.1) is 24.0 Å². The SMILES string of the molecule is CCNc1nc2ccccc2cc1CSC1COC1. The zero-order valence-electron chi connectivity index (χ0n) is 11.1. The van der Waals surface area contributed by atoms with Gasteiger partial charge >= 0.3 is 0 Å². The molecule has 1 aromatic heterocycles. The van der Waals surface area contributed by atoms with Crippen LogP contribution in [0.4, 0.5) is 5.82 Å². The van der Waals surface area contributed by atoms with E-state index in [9.17, 15) is 0 Å². The van der Waals surface area contributed by atoms with Gasteiger partial charge in [-0.05, 0) is 19.1 Å². The van der Waals surface area contributed by atoms with Crippen LogP contribution < -0.4 is 5.32 Å². The average Bonchev–Trinajstić information content (AvgIpc) is 2.37. The highest BCUT2D eigenvalue weighted by atomic mass is 32.2. The van der Waals surface area contributed by atoms with E-state index >= 15 is 0 Å². The summed E-state index contributed by atoms with van der Waals surface area (Å²) in [6.45, 7) is 4.79. The molecule has 4 heteroatoms. The predicted molar refractivity (Wildman–Crippen MR) is 81.8 cm³/mol. The molecule has 1 aliphatic heterocycles. The van der Waals surface area contributed by atoms with E-state index < -0.39 is 0 Å². The first-order valence-corrected chi connectivity index (χ1v) is 7.73. The Morgan fingerprint density at radius 1 is 1.37 bits per heavy atom. The normalized spacial score (nSPS) is 15.4. The third-order valence-electron chi connectivity index (χ3n) is 3.23. The summed E-state index contributed by atoms with van der Waals surface area (Å²) < 4.78 is 5.22. The fraction of sp³-hybridized carbons (Fsp3) is 0.400. The highest BCUT2D eigenvalue weighted by molar-refractivity contribution is 7.99. The second kappa shape index (κ2) is 5.80. The second-order valence-corrected chi connectivity index (χ2v) is 5.98. The molecular formula is C15H18N2OS. The number of hydrogen-bond acceptors (Lipinski definition) is 4. The molecule has 2 heterocycles. The molecule has 0 aliphatic carbocycles. The van der Waals surface area contributed by atoms with Crippen LogP contribution in [-0.2, 0) is 10.5 Å². The van der Waals surface area contributed by atoms with E-state index in [0.717, 1.165) is 36.8 Å². The van der Waals surface area contributed by atoms with Crippen molar-refractivity contribution in [1.29, 1.82) is 0 Å². The molecule has 0 amide bonds. The molecular weight excluding hydrogens is 256 g/mol. The van der Waals surface area contributed by atoms with Crippen LogP contribution in [0, 0.1) is 0 Å². The maximum atomic E-state index is 5.22. The first kappa shape index (κ1) is 12.8. The molecule has 19 heavy (non-hydrogen) atoms. The monoisotopic (exact) mass is 274 g/mol. The smallest absolute Gasteiger partial charge is 0.130 e. The van der Waals surface area contributed by atoms with E-state index in [4.69, 9.17) is 9.72 Å². The van der Waals surface area contributed by atoms with E-state index in [2.05, 4.69) is 36.5 Å². The zero-order valence-corrected chi connectivity index (χ0v) is 11.9. The molecule has 1 N–H and O–H groups in total. The van der Waals surface area contributed by atoms with E-state index in [1.165, 1.54) is 10.9 Å². The van der Waals surface area contributed by atoms with Gasteiger partial charge in [-0.15, -0.1) is 11.8 Å². The highest BCUT2D eigenvalue weighted by Crippen LogP contribution is 2.28. The molecule has 0 atom stereocenters. The molecule has 0 radical (unpaired) electrons. The Kier molecular flexibility index (Phi) is 3.89. The molecule has 1 saturated heterocycles. The summed E-state index contributed by atoms with van der Waals surface area (Å²) in [4.78, 5) is 4.73. The number of fused-ring (bicyclic) bond motifs is 1. The Balaban J connectivity index is 1.87.